The van der Waals surface area contributed by atoms with Crippen LogP contribution in [0.3, 0.4) is 0 Å². The van der Waals surface area contributed by atoms with Crippen molar-refractivity contribution < 1.29 is 9.21 Å². The van der Waals surface area contributed by atoms with Crippen molar-refractivity contribution in [2.45, 2.75) is 31.3 Å². The molecule has 3 heterocycles. The Hall–Kier alpha value is -1.29. The smallest absolute Gasteiger partial charge is 0.247 e. The van der Waals surface area contributed by atoms with Gasteiger partial charge in [0, 0.05) is 19.1 Å². The van der Waals surface area contributed by atoms with Crippen molar-refractivity contribution in [2.24, 2.45) is 0 Å². The van der Waals surface area contributed by atoms with Crippen LogP contribution in [-0.4, -0.2) is 29.9 Å². The summed E-state index contributed by atoms with van der Waals surface area (Å²) in [6.45, 7) is 1.79. The zero-order valence-corrected chi connectivity index (χ0v) is 9.19. The number of amides is 1. The topological polar surface area (TPSA) is 45.5 Å². The van der Waals surface area contributed by atoms with Crippen LogP contribution in [0, 0.1) is 0 Å². The summed E-state index contributed by atoms with van der Waals surface area (Å²) in [6.07, 6.45) is 5.12. The molecule has 1 N–H and O–H groups in total. The van der Waals surface area contributed by atoms with E-state index in [9.17, 15) is 4.79 Å². The molecule has 1 aromatic rings. The molecule has 1 aromatic heterocycles. The number of rotatable bonds is 1. The van der Waals surface area contributed by atoms with Gasteiger partial charge in [0.1, 0.15) is 11.8 Å². The van der Waals surface area contributed by atoms with Gasteiger partial charge in [-0.3, -0.25) is 10.1 Å². The fourth-order valence-corrected chi connectivity index (χ4v) is 2.69. The van der Waals surface area contributed by atoms with Gasteiger partial charge in [-0.05, 0) is 31.4 Å². The number of furan rings is 1. The van der Waals surface area contributed by atoms with Crippen LogP contribution >= 0.6 is 0 Å². The summed E-state index contributed by atoms with van der Waals surface area (Å²) in [5.41, 5.74) is 0. The second-order valence-corrected chi connectivity index (χ2v) is 4.54. The molecule has 0 bridgehead atoms. The van der Waals surface area contributed by atoms with Crippen LogP contribution in [0.2, 0.25) is 0 Å². The van der Waals surface area contributed by atoms with Gasteiger partial charge < -0.3 is 9.32 Å². The Morgan fingerprint density at radius 1 is 1.44 bits per heavy atom. The van der Waals surface area contributed by atoms with Gasteiger partial charge in [0.25, 0.3) is 0 Å². The minimum atomic E-state index is -0.274. The Kier molecular flexibility index (Phi) is 2.44. The first-order chi connectivity index (χ1) is 7.86. The molecular weight excluding hydrogens is 204 g/mol. The maximum atomic E-state index is 12.3. The predicted molar refractivity (Wildman–Crippen MR) is 58.8 cm³/mol. The first kappa shape index (κ1) is 9.90. The molecule has 4 nitrogen and oxygen atoms in total. The van der Waals surface area contributed by atoms with E-state index in [2.05, 4.69) is 5.32 Å². The van der Waals surface area contributed by atoms with E-state index in [1.54, 1.807) is 6.26 Å². The SMILES string of the molecule is O=C1C(c2ccco2)NCC2CCCCN12. The minimum Gasteiger partial charge on any atom is -0.467 e. The number of hydrogen-bond donors (Lipinski definition) is 1. The first-order valence-corrected chi connectivity index (χ1v) is 5.93. The minimum absolute atomic E-state index is 0.172. The van der Waals surface area contributed by atoms with Gasteiger partial charge in [-0.15, -0.1) is 0 Å². The third-order valence-corrected chi connectivity index (χ3v) is 3.54. The molecule has 2 fully saturated rings. The molecule has 2 unspecified atom stereocenters. The normalized spacial score (nSPS) is 30.2. The third-order valence-electron chi connectivity index (χ3n) is 3.54. The van der Waals surface area contributed by atoms with E-state index in [1.807, 2.05) is 17.0 Å². The fourth-order valence-electron chi connectivity index (χ4n) is 2.69. The molecule has 2 aliphatic heterocycles. The van der Waals surface area contributed by atoms with Gasteiger partial charge in [0.05, 0.1) is 6.26 Å². The molecule has 2 aliphatic rings. The molecule has 2 saturated heterocycles. The monoisotopic (exact) mass is 220 g/mol. The molecule has 0 spiro atoms. The number of piperazine rings is 1. The molecule has 0 aromatic carbocycles. The Labute approximate surface area is 94.6 Å². The molecule has 4 heteroatoms. The van der Waals surface area contributed by atoms with E-state index in [4.69, 9.17) is 4.42 Å². The maximum absolute atomic E-state index is 12.3. The summed E-state index contributed by atoms with van der Waals surface area (Å²) >= 11 is 0. The molecule has 86 valence electrons. The van der Waals surface area contributed by atoms with Gasteiger partial charge in [-0.2, -0.15) is 0 Å². The van der Waals surface area contributed by atoms with E-state index < -0.39 is 0 Å². The van der Waals surface area contributed by atoms with Crippen molar-refractivity contribution in [3.05, 3.63) is 24.2 Å². The van der Waals surface area contributed by atoms with Gasteiger partial charge in [0.15, 0.2) is 0 Å². The van der Waals surface area contributed by atoms with Crippen LogP contribution < -0.4 is 5.32 Å². The van der Waals surface area contributed by atoms with Crippen molar-refractivity contribution in [1.82, 2.24) is 10.2 Å². The van der Waals surface area contributed by atoms with Crippen molar-refractivity contribution in [3.8, 4) is 0 Å². The lowest BCUT2D eigenvalue weighted by Gasteiger charge is -2.42. The average Bonchev–Trinajstić information content (AvgIpc) is 2.83. The van der Waals surface area contributed by atoms with Crippen molar-refractivity contribution in [3.63, 3.8) is 0 Å². The number of hydrogen-bond acceptors (Lipinski definition) is 3. The quantitative estimate of drug-likeness (QED) is 0.776. The van der Waals surface area contributed by atoms with Gasteiger partial charge in [-0.1, -0.05) is 0 Å². The largest absolute Gasteiger partial charge is 0.467 e. The summed E-state index contributed by atoms with van der Waals surface area (Å²) in [7, 11) is 0. The van der Waals surface area contributed by atoms with Crippen LogP contribution in [0.15, 0.2) is 22.8 Å². The highest BCUT2D eigenvalue weighted by molar-refractivity contribution is 5.83. The van der Waals surface area contributed by atoms with E-state index in [1.165, 1.54) is 6.42 Å². The van der Waals surface area contributed by atoms with Crippen molar-refractivity contribution >= 4 is 5.91 Å². The third kappa shape index (κ3) is 1.53. The van der Waals surface area contributed by atoms with Crippen LogP contribution in [0.4, 0.5) is 0 Å². The number of carbonyl (C=O) groups is 1. The average molecular weight is 220 g/mol. The first-order valence-electron chi connectivity index (χ1n) is 5.93. The molecule has 0 radical (unpaired) electrons. The molecule has 3 rings (SSSR count). The zero-order chi connectivity index (χ0) is 11.0. The maximum Gasteiger partial charge on any atom is 0.247 e. The standard InChI is InChI=1S/C12H16N2O2/c15-12-11(10-5-3-7-16-10)13-8-9-4-1-2-6-14(9)12/h3,5,7,9,11,13H,1-2,4,6,8H2. The number of carbonyl (C=O) groups excluding carboxylic acids is 1. The Balaban J connectivity index is 1.81. The van der Waals surface area contributed by atoms with E-state index in [0.717, 1.165) is 31.7 Å². The van der Waals surface area contributed by atoms with Gasteiger partial charge in [-0.25, -0.2) is 0 Å². The van der Waals surface area contributed by atoms with E-state index in [-0.39, 0.29) is 11.9 Å². The molecule has 0 saturated carbocycles. The van der Waals surface area contributed by atoms with Crippen molar-refractivity contribution in [1.29, 1.82) is 0 Å². The molecule has 2 atom stereocenters. The second-order valence-electron chi connectivity index (χ2n) is 4.54. The highest BCUT2D eigenvalue weighted by atomic mass is 16.3. The Morgan fingerprint density at radius 3 is 3.19 bits per heavy atom. The van der Waals surface area contributed by atoms with Crippen LogP contribution in [0.5, 0.6) is 0 Å². The number of fused-ring (bicyclic) bond motifs is 1. The van der Waals surface area contributed by atoms with Gasteiger partial charge >= 0.3 is 0 Å². The van der Waals surface area contributed by atoms with E-state index in [0.29, 0.717) is 6.04 Å². The molecule has 1 amide bonds. The van der Waals surface area contributed by atoms with Crippen molar-refractivity contribution in [2.75, 3.05) is 13.1 Å². The lowest BCUT2D eigenvalue weighted by molar-refractivity contribution is -0.141. The lowest BCUT2D eigenvalue weighted by Crippen LogP contribution is -2.57. The fraction of sp³-hybridized carbons (Fsp3) is 0.583. The highest BCUT2D eigenvalue weighted by Crippen LogP contribution is 2.26. The van der Waals surface area contributed by atoms with Crippen LogP contribution in [0.1, 0.15) is 31.1 Å². The van der Waals surface area contributed by atoms with Crippen LogP contribution in [-0.2, 0) is 4.79 Å². The Morgan fingerprint density at radius 2 is 2.38 bits per heavy atom. The summed E-state index contributed by atoms with van der Waals surface area (Å²) in [4.78, 5) is 14.3. The Bertz CT molecular complexity index is 374. The molecule has 0 aliphatic carbocycles. The van der Waals surface area contributed by atoms with E-state index >= 15 is 0 Å². The predicted octanol–water partition coefficient (Wildman–Crippen LogP) is 1.30. The zero-order valence-electron chi connectivity index (χ0n) is 9.19. The summed E-state index contributed by atoms with van der Waals surface area (Å²) in [5.74, 6) is 0.903. The summed E-state index contributed by atoms with van der Waals surface area (Å²) < 4.78 is 5.31. The summed E-state index contributed by atoms with van der Waals surface area (Å²) in [6, 6.07) is 3.81. The van der Waals surface area contributed by atoms with Gasteiger partial charge in [0.2, 0.25) is 5.91 Å². The van der Waals surface area contributed by atoms with Crippen LogP contribution in [0.25, 0.3) is 0 Å². The second kappa shape index (κ2) is 3.94. The number of nitrogens with one attached hydrogen (secondary N) is 1. The number of piperidine rings is 1. The molecular formula is C12H16N2O2. The number of nitrogens with zero attached hydrogens (tertiary/aromatic N) is 1. The molecule has 16 heavy (non-hydrogen) atoms. The highest BCUT2D eigenvalue weighted by Gasteiger charge is 2.37. The lowest BCUT2D eigenvalue weighted by atomic mass is 9.97. The summed E-state index contributed by atoms with van der Waals surface area (Å²) in [5, 5.41) is 3.29.